The molecule has 2 unspecified atom stereocenters. The molecule has 0 spiro atoms. The van der Waals surface area contributed by atoms with Crippen LogP contribution in [0.15, 0.2) is 42.5 Å². The Hall–Kier alpha value is -3.83. The van der Waals surface area contributed by atoms with E-state index in [9.17, 15) is 35.9 Å². The molecule has 2 heterocycles. The maximum atomic E-state index is 14.4. The van der Waals surface area contributed by atoms with E-state index in [1.165, 1.54) is 4.90 Å². The lowest BCUT2D eigenvalue weighted by atomic mass is 10.00. The van der Waals surface area contributed by atoms with Crippen LogP contribution in [0.3, 0.4) is 0 Å². The molecular formula is C25H27F6N6O6P. The number of rotatable bonds is 8. The van der Waals surface area contributed by atoms with Crippen molar-refractivity contribution in [2.24, 2.45) is 5.73 Å². The number of aromatic nitrogens is 3. The van der Waals surface area contributed by atoms with Crippen LogP contribution >= 0.6 is 7.82 Å². The molecule has 1 aliphatic heterocycles. The van der Waals surface area contributed by atoms with Gasteiger partial charge in [0.2, 0.25) is 17.6 Å². The highest BCUT2D eigenvalue weighted by atomic mass is 31.2. The molecule has 0 radical (unpaired) electrons. The van der Waals surface area contributed by atoms with Gasteiger partial charge in [-0.2, -0.15) is 13.2 Å². The Kier molecular flexibility index (Phi) is 11.3. The summed E-state index contributed by atoms with van der Waals surface area (Å²) in [5, 5.41) is 9.28. The first-order valence-corrected chi connectivity index (χ1v) is 14.3. The van der Waals surface area contributed by atoms with Crippen LogP contribution in [-0.4, -0.2) is 64.8 Å². The lowest BCUT2D eigenvalue weighted by Gasteiger charge is -2.30. The molecule has 6 N–H and O–H groups in total. The van der Waals surface area contributed by atoms with Gasteiger partial charge in [0.25, 0.3) is 0 Å². The van der Waals surface area contributed by atoms with E-state index in [0.29, 0.717) is 12.1 Å². The topological polar surface area (TPSA) is 184 Å². The zero-order valence-corrected chi connectivity index (χ0v) is 23.5. The fourth-order valence-electron chi connectivity index (χ4n) is 4.35. The minimum Gasteiger partial charge on any atom is -0.351 e. The van der Waals surface area contributed by atoms with Gasteiger partial charge in [-0.3, -0.25) is 9.59 Å². The number of nitrogens with zero attached hydrogens (tertiary/aromatic N) is 4. The predicted molar refractivity (Wildman–Crippen MR) is 139 cm³/mol. The van der Waals surface area contributed by atoms with Crippen LogP contribution in [0.2, 0.25) is 0 Å². The normalized spacial score (nSPS) is 14.6. The van der Waals surface area contributed by atoms with Gasteiger partial charge in [0.1, 0.15) is 5.82 Å². The minimum atomic E-state index is -4.71. The van der Waals surface area contributed by atoms with E-state index in [1.807, 2.05) is 0 Å². The molecule has 1 aliphatic rings. The second-order valence-electron chi connectivity index (χ2n) is 9.69. The van der Waals surface area contributed by atoms with Gasteiger partial charge >= 0.3 is 14.0 Å². The molecule has 12 nitrogen and oxygen atoms in total. The standard InChI is InChI=1S/C25H24F6N6O2.H3O4P/c26-17-12-19(28)18(27)10-15(17)9-16(33-23(39)20(32)8-14-4-2-1-3-5-14)11-22(38)36-6-7-37-21(13-36)34-35-24(37)25(29,30)31;1-5(2,3)4/h1-5,10,12,16,20H,6-9,11,13,32H2,(H,33,39);(H3,1,2,3,4). The molecular weight excluding hydrogens is 625 g/mol. The van der Waals surface area contributed by atoms with Crippen molar-refractivity contribution in [2.75, 3.05) is 6.54 Å². The molecule has 0 aliphatic carbocycles. The van der Waals surface area contributed by atoms with E-state index < -0.39 is 67.6 Å². The fourth-order valence-corrected chi connectivity index (χ4v) is 4.35. The second-order valence-corrected chi connectivity index (χ2v) is 10.7. The van der Waals surface area contributed by atoms with Gasteiger partial charge in [-0.15, -0.1) is 10.2 Å². The number of hydrogen-bond acceptors (Lipinski definition) is 6. The summed E-state index contributed by atoms with van der Waals surface area (Å²) in [5.74, 6) is -6.25. The van der Waals surface area contributed by atoms with Gasteiger partial charge in [0.05, 0.1) is 12.6 Å². The lowest BCUT2D eigenvalue weighted by molar-refractivity contribution is -0.148. The molecule has 1 aromatic heterocycles. The number of carbonyl (C=O) groups is 2. The molecule has 4 rings (SSSR count). The first-order chi connectivity index (χ1) is 20.4. The minimum absolute atomic E-state index is 0.0703. The van der Waals surface area contributed by atoms with Crippen LogP contribution in [0, 0.1) is 17.5 Å². The van der Waals surface area contributed by atoms with Crippen LogP contribution in [0.1, 0.15) is 29.2 Å². The summed E-state index contributed by atoms with van der Waals surface area (Å²) in [6.07, 6.45) is -5.33. The lowest BCUT2D eigenvalue weighted by Crippen LogP contribution is -2.49. The van der Waals surface area contributed by atoms with Gasteiger partial charge in [-0.05, 0) is 30.0 Å². The van der Waals surface area contributed by atoms with Crippen molar-refractivity contribution in [2.45, 2.75) is 50.6 Å². The van der Waals surface area contributed by atoms with Crippen LogP contribution in [0.4, 0.5) is 26.3 Å². The van der Waals surface area contributed by atoms with E-state index in [4.69, 9.17) is 25.0 Å². The van der Waals surface area contributed by atoms with Gasteiger partial charge in [-0.25, -0.2) is 17.7 Å². The third-order valence-corrected chi connectivity index (χ3v) is 6.32. The number of nitrogens with one attached hydrogen (secondary N) is 1. The van der Waals surface area contributed by atoms with Gasteiger partial charge in [0, 0.05) is 31.6 Å². The van der Waals surface area contributed by atoms with Crippen molar-refractivity contribution in [3.63, 3.8) is 0 Å². The number of hydrogen-bond donors (Lipinski definition) is 5. The predicted octanol–water partition coefficient (Wildman–Crippen LogP) is 1.82. The Morgan fingerprint density at radius 3 is 2.20 bits per heavy atom. The summed E-state index contributed by atoms with van der Waals surface area (Å²) in [6, 6.07) is 7.75. The molecule has 0 bridgehead atoms. The number of carbonyl (C=O) groups excluding carboxylic acids is 2. The summed E-state index contributed by atoms with van der Waals surface area (Å²) in [6.45, 7) is -0.573. The first-order valence-electron chi connectivity index (χ1n) is 12.7. The molecule has 2 amide bonds. The SMILES string of the molecule is NC(Cc1ccccc1)C(=O)NC(CC(=O)N1CCn2c(nnc2C(F)(F)F)C1)Cc1cc(F)c(F)cc1F.O=P(O)(O)O. The fraction of sp³-hybridized carbons (Fsp3) is 0.360. The smallest absolute Gasteiger partial charge is 0.351 e. The zero-order valence-electron chi connectivity index (χ0n) is 22.6. The molecule has 0 saturated carbocycles. The summed E-state index contributed by atoms with van der Waals surface area (Å²) in [4.78, 5) is 48.7. The number of nitrogens with two attached hydrogens (primary N) is 1. The van der Waals surface area contributed by atoms with Gasteiger partial charge < -0.3 is 35.2 Å². The summed E-state index contributed by atoms with van der Waals surface area (Å²) in [7, 11) is -4.64. The number of amides is 2. The van der Waals surface area contributed by atoms with Crippen LogP contribution in [0.5, 0.6) is 0 Å². The Labute approximate surface area is 245 Å². The van der Waals surface area contributed by atoms with E-state index in [-0.39, 0.29) is 43.9 Å². The maximum absolute atomic E-state index is 14.4. The largest absolute Gasteiger partial charge is 0.466 e. The van der Waals surface area contributed by atoms with Crippen molar-refractivity contribution in [3.8, 4) is 0 Å². The third kappa shape index (κ3) is 10.1. The molecule has 2 atom stereocenters. The number of benzene rings is 2. The summed E-state index contributed by atoms with van der Waals surface area (Å²) in [5.41, 5.74) is 6.52. The van der Waals surface area contributed by atoms with Crippen molar-refractivity contribution in [3.05, 3.63) is 82.7 Å². The summed E-state index contributed by atoms with van der Waals surface area (Å²) < 4.78 is 90.7. The molecule has 3 aromatic rings. The second kappa shape index (κ2) is 14.3. The summed E-state index contributed by atoms with van der Waals surface area (Å²) >= 11 is 0. The van der Waals surface area contributed by atoms with Crippen molar-refractivity contribution >= 4 is 19.6 Å². The molecule has 0 saturated heterocycles. The highest BCUT2D eigenvalue weighted by molar-refractivity contribution is 7.45. The van der Waals surface area contributed by atoms with Gasteiger partial charge in [0.15, 0.2) is 17.5 Å². The number of halogens is 6. The highest BCUT2D eigenvalue weighted by Gasteiger charge is 2.40. The number of alkyl halides is 3. The number of fused-ring (bicyclic) bond motifs is 1. The number of phosphoric acid groups is 1. The molecule has 2 aromatic carbocycles. The van der Waals surface area contributed by atoms with Crippen LogP contribution in [0.25, 0.3) is 0 Å². The third-order valence-electron chi connectivity index (χ3n) is 6.32. The highest BCUT2D eigenvalue weighted by Crippen LogP contribution is 2.29. The van der Waals surface area contributed by atoms with Crippen molar-refractivity contribution in [1.82, 2.24) is 25.0 Å². The van der Waals surface area contributed by atoms with Crippen LogP contribution < -0.4 is 11.1 Å². The molecule has 19 heteroatoms. The Balaban J connectivity index is 0.000000978. The van der Waals surface area contributed by atoms with Crippen molar-refractivity contribution in [1.29, 1.82) is 0 Å². The van der Waals surface area contributed by atoms with Gasteiger partial charge in [-0.1, -0.05) is 30.3 Å². The maximum Gasteiger partial charge on any atom is 0.466 e. The Morgan fingerprint density at radius 1 is 0.977 bits per heavy atom. The van der Waals surface area contributed by atoms with Crippen molar-refractivity contribution < 1.29 is 55.2 Å². The first kappa shape index (κ1) is 34.7. The Morgan fingerprint density at radius 2 is 1.59 bits per heavy atom. The van der Waals surface area contributed by atoms with E-state index in [1.54, 1.807) is 30.3 Å². The molecule has 44 heavy (non-hydrogen) atoms. The Bertz CT molecular complexity index is 1510. The van der Waals surface area contributed by atoms with E-state index in [2.05, 4.69) is 15.5 Å². The monoisotopic (exact) mass is 652 g/mol. The average Bonchev–Trinajstić information content (AvgIpc) is 3.35. The molecule has 0 fully saturated rings. The van der Waals surface area contributed by atoms with E-state index >= 15 is 0 Å². The zero-order chi connectivity index (χ0) is 32.8. The molecule has 240 valence electrons. The van der Waals surface area contributed by atoms with Crippen LogP contribution in [-0.2, 0) is 46.3 Å². The average molecular weight is 652 g/mol. The quantitative estimate of drug-likeness (QED) is 0.138. The van der Waals surface area contributed by atoms with E-state index in [0.717, 1.165) is 10.1 Å².